The van der Waals surface area contributed by atoms with Crippen molar-refractivity contribution in [1.29, 1.82) is 0 Å². The van der Waals surface area contributed by atoms with Crippen LogP contribution in [0.2, 0.25) is 0 Å². The number of hydrogen-bond donors (Lipinski definition) is 4. The summed E-state index contributed by atoms with van der Waals surface area (Å²) < 4.78 is 14.8. The number of aromatic hydroxyl groups is 1. The molecule has 8 heteroatoms. The molecule has 0 amide bonds. The summed E-state index contributed by atoms with van der Waals surface area (Å²) in [4.78, 5) is 11.9. The second kappa shape index (κ2) is 7.63. The monoisotopic (exact) mass is 340 g/mol. The highest BCUT2D eigenvalue weighted by Crippen LogP contribution is 2.27. The van der Waals surface area contributed by atoms with E-state index >= 15 is 0 Å². The van der Waals surface area contributed by atoms with Gasteiger partial charge in [-0.3, -0.25) is 0 Å². The summed E-state index contributed by atoms with van der Waals surface area (Å²) in [6, 6.07) is 4.54. The molecular formula is C16H20O8. The number of phenols is 1. The Bertz CT molecular complexity index is 600. The molecule has 1 aliphatic heterocycles. The molecular weight excluding hydrogens is 320 g/mol. The smallest absolute Gasteiger partial charge is 0.331 e. The molecule has 0 radical (unpaired) electrons. The Kier molecular flexibility index (Phi) is 5.79. The molecule has 1 aromatic rings. The van der Waals surface area contributed by atoms with E-state index in [-0.39, 0.29) is 5.75 Å². The van der Waals surface area contributed by atoms with Crippen LogP contribution in [0.3, 0.4) is 0 Å². The largest absolute Gasteiger partial charge is 0.504 e. The number of carbonyl (C=O) groups excluding carboxylic acids is 1. The summed E-state index contributed by atoms with van der Waals surface area (Å²) in [5.41, 5.74) is 0.520. The van der Waals surface area contributed by atoms with Gasteiger partial charge >= 0.3 is 5.97 Å². The highest BCUT2D eigenvalue weighted by molar-refractivity contribution is 5.87. The second-order valence-corrected chi connectivity index (χ2v) is 5.38. The number of benzene rings is 1. The molecule has 0 saturated carbocycles. The Labute approximate surface area is 138 Å². The van der Waals surface area contributed by atoms with Crippen molar-refractivity contribution in [3.05, 3.63) is 29.8 Å². The quantitative estimate of drug-likeness (QED) is 0.438. The maximum atomic E-state index is 11.9. The standard InChI is InChI=1S/C16H20O8/c1-8-13(19)15(14(20)16(21)23-8)24-12(18)6-4-9-3-5-11(22-2)10(17)7-9/h3-8,13-17,19-21H,1-2H3. The molecule has 0 bridgehead atoms. The Morgan fingerprint density at radius 1 is 1.25 bits per heavy atom. The summed E-state index contributed by atoms with van der Waals surface area (Å²) >= 11 is 0. The van der Waals surface area contributed by atoms with Crippen LogP contribution >= 0.6 is 0 Å². The molecule has 0 aromatic heterocycles. The molecule has 1 heterocycles. The zero-order valence-electron chi connectivity index (χ0n) is 13.2. The van der Waals surface area contributed by atoms with Crippen molar-refractivity contribution in [2.75, 3.05) is 7.11 Å². The number of methoxy groups -OCH3 is 1. The Morgan fingerprint density at radius 3 is 2.58 bits per heavy atom. The maximum Gasteiger partial charge on any atom is 0.331 e. The van der Waals surface area contributed by atoms with E-state index in [4.69, 9.17) is 14.2 Å². The number of carbonyl (C=O) groups is 1. The van der Waals surface area contributed by atoms with Crippen LogP contribution in [0.1, 0.15) is 12.5 Å². The molecule has 132 valence electrons. The van der Waals surface area contributed by atoms with E-state index in [9.17, 15) is 25.2 Å². The van der Waals surface area contributed by atoms with E-state index in [1.54, 1.807) is 6.07 Å². The number of esters is 1. The van der Waals surface area contributed by atoms with Crippen molar-refractivity contribution in [3.63, 3.8) is 0 Å². The number of ether oxygens (including phenoxy) is 3. The van der Waals surface area contributed by atoms with Crippen LogP contribution in [0.5, 0.6) is 11.5 Å². The van der Waals surface area contributed by atoms with Gasteiger partial charge < -0.3 is 34.6 Å². The van der Waals surface area contributed by atoms with Crippen LogP contribution < -0.4 is 4.74 Å². The van der Waals surface area contributed by atoms with E-state index in [1.165, 1.54) is 32.2 Å². The van der Waals surface area contributed by atoms with Gasteiger partial charge in [-0.05, 0) is 30.7 Å². The van der Waals surface area contributed by atoms with Crippen LogP contribution in [0.25, 0.3) is 6.08 Å². The fourth-order valence-electron chi connectivity index (χ4n) is 2.30. The first-order chi connectivity index (χ1) is 11.3. The minimum absolute atomic E-state index is 0.0831. The Morgan fingerprint density at radius 2 is 1.96 bits per heavy atom. The van der Waals surface area contributed by atoms with Gasteiger partial charge in [0.15, 0.2) is 23.9 Å². The Balaban J connectivity index is 2.03. The van der Waals surface area contributed by atoms with Crippen LogP contribution in [-0.4, -0.2) is 64.2 Å². The first-order valence-corrected chi connectivity index (χ1v) is 7.29. The van der Waals surface area contributed by atoms with Gasteiger partial charge in [0.05, 0.1) is 13.2 Å². The molecule has 4 N–H and O–H groups in total. The number of phenolic OH excluding ortho intramolecular Hbond substituents is 1. The summed E-state index contributed by atoms with van der Waals surface area (Å²) in [5.74, 6) is -0.610. The summed E-state index contributed by atoms with van der Waals surface area (Å²) in [5, 5.41) is 38.8. The van der Waals surface area contributed by atoms with Crippen molar-refractivity contribution >= 4 is 12.0 Å². The highest BCUT2D eigenvalue weighted by atomic mass is 16.6. The number of aliphatic hydroxyl groups is 3. The minimum Gasteiger partial charge on any atom is -0.504 e. The third-order valence-electron chi connectivity index (χ3n) is 3.67. The van der Waals surface area contributed by atoms with Gasteiger partial charge in [-0.1, -0.05) is 6.07 Å². The van der Waals surface area contributed by atoms with Crippen LogP contribution in [0.15, 0.2) is 24.3 Å². The van der Waals surface area contributed by atoms with Gasteiger partial charge in [-0.15, -0.1) is 0 Å². The first-order valence-electron chi connectivity index (χ1n) is 7.29. The molecule has 1 aromatic carbocycles. The van der Waals surface area contributed by atoms with Gasteiger partial charge in [-0.2, -0.15) is 0 Å². The average Bonchev–Trinajstić information content (AvgIpc) is 2.55. The highest BCUT2D eigenvalue weighted by Gasteiger charge is 2.44. The predicted octanol–water partition coefficient (Wildman–Crippen LogP) is -0.215. The minimum atomic E-state index is -1.56. The lowest BCUT2D eigenvalue weighted by atomic mass is 10.00. The lowest BCUT2D eigenvalue weighted by molar-refractivity contribution is -0.280. The van der Waals surface area contributed by atoms with Crippen LogP contribution in [-0.2, 0) is 14.3 Å². The zero-order chi connectivity index (χ0) is 17.9. The van der Waals surface area contributed by atoms with Gasteiger partial charge in [0.25, 0.3) is 0 Å². The van der Waals surface area contributed by atoms with Crippen molar-refractivity contribution in [3.8, 4) is 11.5 Å². The molecule has 1 saturated heterocycles. The summed E-state index contributed by atoms with van der Waals surface area (Å²) in [7, 11) is 1.42. The van der Waals surface area contributed by atoms with Gasteiger partial charge in [0.1, 0.15) is 12.2 Å². The van der Waals surface area contributed by atoms with Crippen molar-refractivity contribution in [1.82, 2.24) is 0 Å². The molecule has 0 aliphatic carbocycles. The average molecular weight is 340 g/mol. The molecule has 1 aliphatic rings. The molecule has 24 heavy (non-hydrogen) atoms. The summed E-state index contributed by atoms with van der Waals surface area (Å²) in [6.45, 7) is 1.48. The van der Waals surface area contributed by atoms with E-state index in [2.05, 4.69) is 0 Å². The normalized spacial score (nSPS) is 30.3. The van der Waals surface area contributed by atoms with Gasteiger partial charge in [0.2, 0.25) is 0 Å². The number of hydrogen-bond acceptors (Lipinski definition) is 8. The number of aliphatic hydroxyl groups excluding tert-OH is 3. The SMILES string of the molecule is COc1ccc(C=CC(=O)OC2C(O)C(C)OC(O)C2O)cc1O. The predicted molar refractivity (Wildman–Crippen MR) is 82.1 cm³/mol. The van der Waals surface area contributed by atoms with Gasteiger partial charge in [0, 0.05) is 6.08 Å². The zero-order valence-corrected chi connectivity index (χ0v) is 13.2. The molecule has 2 rings (SSSR count). The van der Waals surface area contributed by atoms with E-state index < -0.39 is 36.7 Å². The van der Waals surface area contributed by atoms with E-state index in [0.29, 0.717) is 11.3 Å². The topological polar surface area (TPSA) is 126 Å². The molecule has 5 atom stereocenters. The summed E-state index contributed by atoms with van der Waals surface area (Å²) in [6.07, 6.45) is -4.03. The maximum absolute atomic E-state index is 11.9. The fraction of sp³-hybridized carbons (Fsp3) is 0.438. The number of rotatable bonds is 4. The fourth-order valence-corrected chi connectivity index (χ4v) is 2.30. The van der Waals surface area contributed by atoms with Crippen molar-refractivity contribution < 1.29 is 39.4 Å². The van der Waals surface area contributed by atoms with Crippen LogP contribution in [0.4, 0.5) is 0 Å². The Hall–Kier alpha value is -2.13. The molecule has 5 unspecified atom stereocenters. The van der Waals surface area contributed by atoms with Crippen molar-refractivity contribution in [2.45, 2.75) is 37.6 Å². The lowest BCUT2D eigenvalue weighted by Gasteiger charge is -2.38. The van der Waals surface area contributed by atoms with E-state index in [0.717, 1.165) is 6.08 Å². The second-order valence-electron chi connectivity index (χ2n) is 5.38. The molecule has 1 fully saturated rings. The molecule has 8 nitrogen and oxygen atoms in total. The third-order valence-corrected chi connectivity index (χ3v) is 3.67. The lowest BCUT2D eigenvalue weighted by Crippen LogP contribution is -2.58. The van der Waals surface area contributed by atoms with Crippen LogP contribution in [0, 0.1) is 0 Å². The first kappa shape index (κ1) is 18.2. The van der Waals surface area contributed by atoms with Crippen molar-refractivity contribution in [2.24, 2.45) is 0 Å². The molecule has 0 spiro atoms. The third kappa shape index (κ3) is 4.04. The van der Waals surface area contributed by atoms with Gasteiger partial charge in [-0.25, -0.2) is 4.79 Å². The van der Waals surface area contributed by atoms with E-state index in [1.807, 2.05) is 0 Å².